The second-order valence-corrected chi connectivity index (χ2v) is 10.8. The molecule has 2 nitrogen and oxygen atoms in total. The number of hydrogen-bond acceptors (Lipinski definition) is 2. The largest absolute Gasteiger partial charge is 0.497 e. The smallest absolute Gasteiger partial charge is 0.121 e. The number of rotatable bonds is 9. The molecule has 0 saturated carbocycles. The standard InChI is InChI=1S/C16H29NOSi/c1-5-6-7-8-9-10-13-19(3,4)16-14-15(18-2)11-12-17-16/h11-12,14H,5-10,13H2,1-4H3. The summed E-state index contributed by atoms with van der Waals surface area (Å²) >= 11 is 0. The van der Waals surface area contributed by atoms with Gasteiger partial charge in [-0.2, -0.15) is 0 Å². The summed E-state index contributed by atoms with van der Waals surface area (Å²) in [5, 5.41) is 1.28. The average molecular weight is 280 g/mol. The Morgan fingerprint density at radius 2 is 1.79 bits per heavy atom. The second kappa shape index (κ2) is 8.36. The maximum Gasteiger partial charge on any atom is 0.121 e. The number of aromatic nitrogens is 1. The first-order valence-electron chi connectivity index (χ1n) is 7.60. The van der Waals surface area contributed by atoms with Gasteiger partial charge in [0.1, 0.15) is 13.8 Å². The Balaban J connectivity index is 2.41. The minimum absolute atomic E-state index is 0.938. The van der Waals surface area contributed by atoms with Crippen LogP contribution in [0.25, 0.3) is 0 Å². The normalized spacial score (nSPS) is 11.6. The highest BCUT2D eigenvalue weighted by Crippen LogP contribution is 2.17. The van der Waals surface area contributed by atoms with E-state index >= 15 is 0 Å². The molecule has 0 spiro atoms. The van der Waals surface area contributed by atoms with Crippen molar-refractivity contribution in [2.75, 3.05) is 7.11 Å². The lowest BCUT2D eigenvalue weighted by molar-refractivity contribution is 0.414. The quantitative estimate of drug-likeness (QED) is 0.495. The van der Waals surface area contributed by atoms with Gasteiger partial charge in [-0.3, -0.25) is 4.98 Å². The summed E-state index contributed by atoms with van der Waals surface area (Å²) in [6.45, 7) is 7.10. The van der Waals surface area contributed by atoms with E-state index in [-0.39, 0.29) is 0 Å². The van der Waals surface area contributed by atoms with E-state index in [1.165, 1.54) is 49.9 Å². The van der Waals surface area contributed by atoms with Crippen LogP contribution in [0.15, 0.2) is 18.3 Å². The van der Waals surface area contributed by atoms with E-state index in [4.69, 9.17) is 4.74 Å². The summed E-state index contributed by atoms with van der Waals surface area (Å²) in [5.74, 6) is 0.938. The lowest BCUT2D eigenvalue weighted by Crippen LogP contribution is -2.43. The summed E-state index contributed by atoms with van der Waals surface area (Å²) < 4.78 is 5.30. The van der Waals surface area contributed by atoms with E-state index < -0.39 is 8.07 Å². The molecule has 0 amide bonds. The van der Waals surface area contributed by atoms with Gasteiger partial charge >= 0.3 is 0 Å². The molecular formula is C16H29NOSi. The molecule has 1 heterocycles. The van der Waals surface area contributed by atoms with Crippen LogP contribution < -0.4 is 10.1 Å². The first-order valence-corrected chi connectivity index (χ1v) is 10.8. The van der Waals surface area contributed by atoms with Crippen molar-refractivity contribution < 1.29 is 4.74 Å². The van der Waals surface area contributed by atoms with Crippen molar-refractivity contribution in [1.82, 2.24) is 4.98 Å². The van der Waals surface area contributed by atoms with E-state index in [9.17, 15) is 0 Å². The number of unbranched alkanes of at least 4 members (excludes halogenated alkanes) is 5. The van der Waals surface area contributed by atoms with E-state index in [1.807, 2.05) is 12.3 Å². The molecule has 0 fully saturated rings. The van der Waals surface area contributed by atoms with E-state index in [0.29, 0.717) is 0 Å². The highest BCUT2D eigenvalue weighted by atomic mass is 28.3. The molecule has 0 aliphatic carbocycles. The van der Waals surface area contributed by atoms with Crippen LogP contribution in [0, 0.1) is 0 Å². The molecule has 1 rings (SSSR count). The van der Waals surface area contributed by atoms with Gasteiger partial charge < -0.3 is 4.74 Å². The van der Waals surface area contributed by atoms with Gasteiger partial charge in [-0.05, 0) is 12.1 Å². The van der Waals surface area contributed by atoms with E-state index in [2.05, 4.69) is 31.1 Å². The Morgan fingerprint density at radius 1 is 1.11 bits per heavy atom. The molecule has 3 heteroatoms. The van der Waals surface area contributed by atoms with Gasteiger partial charge in [0.15, 0.2) is 0 Å². The number of nitrogens with zero attached hydrogens (tertiary/aromatic N) is 1. The maximum absolute atomic E-state index is 5.30. The summed E-state index contributed by atoms with van der Waals surface area (Å²) in [5.41, 5.74) is 0. The van der Waals surface area contributed by atoms with Crippen LogP contribution in [0.1, 0.15) is 45.4 Å². The molecule has 0 N–H and O–H groups in total. The highest BCUT2D eigenvalue weighted by molar-refractivity contribution is 6.89. The molecule has 0 aliphatic rings. The first-order chi connectivity index (χ1) is 9.10. The van der Waals surface area contributed by atoms with Gasteiger partial charge in [0.25, 0.3) is 0 Å². The molecule has 0 bridgehead atoms. The van der Waals surface area contributed by atoms with Crippen molar-refractivity contribution in [2.45, 2.75) is 64.6 Å². The highest BCUT2D eigenvalue weighted by Gasteiger charge is 2.24. The number of methoxy groups -OCH3 is 1. The second-order valence-electron chi connectivity index (χ2n) is 5.98. The third-order valence-corrected chi connectivity index (χ3v) is 7.08. The van der Waals surface area contributed by atoms with Crippen LogP contribution in [0.5, 0.6) is 5.75 Å². The van der Waals surface area contributed by atoms with Gasteiger partial charge in [-0.15, -0.1) is 0 Å². The molecule has 1 aromatic heterocycles. The molecule has 0 aromatic carbocycles. The molecule has 1 aromatic rings. The van der Waals surface area contributed by atoms with Crippen molar-refractivity contribution in [2.24, 2.45) is 0 Å². The number of pyridine rings is 1. The van der Waals surface area contributed by atoms with Crippen molar-refractivity contribution in [3.8, 4) is 5.75 Å². The number of hydrogen-bond donors (Lipinski definition) is 0. The minimum atomic E-state index is -1.39. The summed E-state index contributed by atoms with van der Waals surface area (Å²) in [4.78, 5) is 4.57. The Kier molecular flexibility index (Phi) is 7.14. The molecule has 0 radical (unpaired) electrons. The molecule has 0 aliphatic heterocycles. The zero-order valence-electron chi connectivity index (χ0n) is 13.0. The topological polar surface area (TPSA) is 22.1 Å². The zero-order valence-corrected chi connectivity index (χ0v) is 14.0. The molecule has 19 heavy (non-hydrogen) atoms. The number of ether oxygens (including phenoxy) is 1. The SMILES string of the molecule is CCCCCCCC[Si](C)(C)c1cc(OC)ccn1. The Labute approximate surface area is 119 Å². The predicted octanol–water partition coefficient (Wildman–Crippen LogP) is 4.37. The summed E-state index contributed by atoms with van der Waals surface area (Å²) in [7, 11) is 0.337. The van der Waals surface area contributed by atoms with Gasteiger partial charge in [0.2, 0.25) is 0 Å². The molecule has 0 saturated heterocycles. The van der Waals surface area contributed by atoms with Crippen LogP contribution >= 0.6 is 0 Å². The summed E-state index contributed by atoms with van der Waals surface area (Å²) in [6, 6.07) is 5.39. The van der Waals surface area contributed by atoms with Gasteiger partial charge in [0, 0.05) is 11.5 Å². The van der Waals surface area contributed by atoms with Crippen molar-refractivity contribution >= 4 is 13.4 Å². The molecule has 0 atom stereocenters. The average Bonchev–Trinajstić information content (AvgIpc) is 2.43. The fourth-order valence-electron chi connectivity index (χ4n) is 2.38. The minimum Gasteiger partial charge on any atom is -0.497 e. The van der Waals surface area contributed by atoms with Crippen LogP contribution in [-0.4, -0.2) is 20.2 Å². The fourth-order valence-corrected chi connectivity index (χ4v) is 4.73. The Bertz CT molecular complexity index is 366. The van der Waals surface area contributed by atoms with Crippen LogP contribution in [0.3, 0.4) is 0 Å². The molecule has 0 unspecified atom stereocenters. The summed E-state index contributed by atoms with van der Waals surface area (Å²) in [6.07, 6.45) is 10.1. The Hall–Kier alpha value is -0.833. The zero-order chi connectivity index (χ0) is 14.1. The monoisotopic (exact) mass is 279 g/mol. The van der Waals surface area contributed by atoms with Crippen LogP contribution in [-0.2, 0) is 0 Å². The van der Waals surface area contributed by atoms with Crippen LogP contribution in [0.2, 0.25) is 19.1 Å². The maximum atomic E-state index is 5.30. The van der Waals surface area contributed by atoms with Gasteiger partial charge in [0.05, 0.1) is 7.11 Å². The fraction of sp³-hybridized carbons (Fsp3) is 0.688. The lowest BCUT2D eigenvalue weighted by atomic mass is 10.1. The van der Waals surface area contributed by atoms with E-state index in [0.717, 1.165) is 5.75 Å². The third kappa shape index (κ3) is 5.77. The van der Waals surface area contributed by atoms with Gasteiger partial charge in [-0.1, -0.05) is 64.6 Å². The van der Waals surface area contributed by atoms with Gasteiger partial charge in [-0.25, -0.2) is 0 Å². The molecular weight excluding hydrogens is 250 g/mol. The van der Waals surface area contributed by atoms with Crippen molar-refractivity contribution in [1.29, 1.82) is 0 Å². The first kappa shape index (κ1) is 16.2. The molecule has 108 valence electrons. The lowest BCUT2D eigenvalue weighted by Gasteiger charge is -2.22. The van der Waals surface area contributed by atoms with E-state index in [1.54, 1.807) is 7.11 Å². The third-order valence-electron chi connectivity index (χ3n) is 3.82. The van der Waals surface area contributed by atoms with Crippen molar-refractivity contribution in [3.63, 3.8) is 0 Å². The predicted molar refractivity (Wildman–Crippen MR) is 86.1 cm³/mol. The van der Waals surface area contributed by atoms with Crippen molar-refractivity contribution in [3.05, 3.63) is 18.3 Å². The van der Waals surface area contributed by atoms with Crippen LogP contribution in [0.4, 0.5) is 0 Å². The Morgan fingerprint density at radius 3 is 2.47 bits per heavy atom.